The molecule has 0 aliphatic carbocycles. The Morgan fingerprint density at radius 2 is 2.19 bits per heavy atom. The van der Waals surface area contributed by atoms with E-state index in [1.807, 2.05) is 18.4 Å². The molecular weight excluding hydrogens is 288 g/mol. The lowest BCUT2D eigenvalue weighted by Crippen LogP contribution is -2.12. The summed E-state index contributed by atoms with van der Waals surface area (Å²) in [4.78, 5) is 10.6. The molecule has 6 heteroatoms. The zero-order chi connectivity index (χ0) is 15.1. The van der Waals surface area contributed by atoms with Gasteiger partial charge >= 0.3 is 5.69 Å². The largest absolute Gasteiger partial charge is 0.486 e. The number of hydrogen-bond acceptors (Lipinski definition) is 5. The molecule has 0 saturated heterocycles. The van der Waals surface area contributed by atoms with E-state index in [4.69, 9.17) is 4.74 Å². The first-order chi connectivity index (χ1) is 10.2. The molecule has 1 heterocycles. The van der Waals surface area contributed by atoms with E-state index in [2.05, 4.69) is 10.7 Å². The first-order valence-corrected chi connectivity index (χ1v) is 7.77. The van der Waals surface area contributed by atoms with Crippen LogP contribution in [-0.2, 0) is 13.0 Å². The summed E-state index contributed by atoms with van der Waals surface area (Å²) in [5, 5.41) is 18.3. The van der Waals surface area contributed by atoms with Crippen molar-refractivity contribution in [3.05, 3.63) is 56.3 Å². The Kier molecular flexibility index (Phi) is 5.71. The highest BCUT2D eigenvalue weighted by atomic mass is 32.1. The molecule has 5 nitrogen and oxygen atoms in total. The molecule has 0 atom stereocenters. The lowest BCUT2D eigenvalue weighted by atomic mass is 10.2. The van der Waals surface area contributed by atoms with Gasteiger partial charge in [0, 0.05) is 19.0 Å². The van der Waals surface area contributed by atoms with E-state index >= 15 is 0 Å². The fraction of sp³-hybridized carbons (Fsp3) is 0.333. The van der Waals surface area contributed by atoms with Gasteiger partial charge in [-0.1, -0.05) is 13.0 Å². The van der Waals surface area contributed by atoms with Crippen molar-refractivity contribution < 1.29 is 9.66 Å². The SMILES string of the molecule is CCNCc1ccc([N+](=O)[O-])c(OCCc2ccsc2)c1. The fourth-order valence-corrected chi connectivity index (χ4v) is 2.62. The summed E-state index contributed by atoms with van der Waals surface area (Å²) in [6.07, 6.45) is 0.748. The van der Waals surface area contributed by atoms with Gasteiger partial charge in [0.05, 0.1) is 11.5 Å². The van der Waals surface area contributed by atoms with Crippen molar-refractivity contribution in [2.45, 2.75) is 19.9 Å². The van der Waals surface area contributed by atoms with E-state index in [1.54, 1.807) is 23.5 Å². The van der Waals surface area contributed by atoms with Gasteiger partial charge in [0.25, 0.3) is 0 Å². The highest BCUT2D eigenvalue weighted by molar-refractivity contribution is 7.07. The van der Waals surface area contributed by atoms with Gasteiger partial charge in [-0.15, -0.1) is 0 Å². The highest BCUT2D eigenvalue weighted by Gasteiger charge is 2.15. The van der Waals surface area contributed by atoms with Crippen molar-refractivity contribution in [1.82, 2.24) is 5.32 Å². The quantitative estimate of drug-likeness (QED) is 0.600. The molecule has 0 aliphatic heterocycles. The Labute approximate surface area is 127 Å². The minimum Gasteiger partial charge on any atom is -0.486 e. The van der Waals surface area contributed by atoms with Gasteiger partial charge < -0.3 is 10.1 Å². The van der Waals surface area contributed by atoms with Crippen LogP contribution in [0.3, 0.4) is 0 Å². The number of nitrogens with zero attached hydrogens (tertiary/aromatic N) is 1. The second-order valence-electron chi connectivity index (χ2n) is 4.57. The Morgan fingerprint density at radius 3 is 2.86 bits per heavy atom. The summed E-state index contributed by atoms with van der Waals surface area (Å²) < 4.78 is 5.63. The van der Waals surface area contributed by atoms with E-state index in [-0.39, 0.29) is 5.69 Å². The number of rotatable bonds is 8. The van der Waals surface area contributed by atoms with Crippen molar-refractivity contribution in [2.75, 3.05) is 13.2 Å². The summed E-state index contributed by atoms with van der Waals surface area (Å²) >= 11 is 1.63. The maximum atomic E-state index is 11.1. The van der Waals surface area contributed by atoms with Crippen molar-refractivity contribution in [1.29, 1.82) is 0 Å². The minimum atomic E-state index is -0.406. The van der Waals surface area contributed by atoms with Crippen LogP contribution < -0.4 is 10.1 Å². The Hall–Kier alpha value is -1.92. The molecule has 0 spiro atoms. The Morgan fingerprint density at radius 1 is 1.33 bits per heavy atom. The van der Waals surface area contributed by atoms with E-state index in [0.29, 0.717) is 18.9 Å². The molecule has 1 N–H and O–H groups in total. The van der Waals surface area contributed by atoms with Gasteiger partial charge in [-0.25, -0.2) is 0 Å². The predicted octanol–water partition coefficient (Wildman–Crippen LogP) is 3.39. The van der Waals surface area contributed by atoms with Gasteiger partial charge in [0.2, 0.25) is 0 Å². The first kappa shape index (κ1) is 15.5. The number of benzene rings is 1. The van der Waals surface area contributed by atoms with Crippen LogP contribution >= 0.6 is 11.3 Å². The van der Waals surface area contributed by atoms with Crippen LogP contribution in [0.4, 0.5) is 5.69 Å². The molecule has 0 amide bonds. The molecule has 0 bridgehead atoms. The normalized spacial score (nSPS) is 10.5. The molecule has 0 unspecified atom stereocenters. The average Bonchev–Trinajstić information content (AvgIpc) is 2.98. The maximum Gasteiger partial charge on any atom is 0.310 e. The van der Waals surface area contributed by atoms with E-state index in [0.717, 1.165) is 18.5 Å². The zero-order valence-electron chi connectivity index (χ0n) is 11.9. The van der Waals surface area contributed by atoms with Gasteiger partial charge in [0.15, 0.2) is 5.75 Å². The van der Waals surface area contributed by atoms with Gasteiger partial charge in [0.1, 0.15) is 0 Å². The van der Waals surface area contributed by atoms with Crippen molar-refractivity contribution in [2.24, 2.45) is 0 Å². The molecule has 1 aromatic carbocycles. The van der Waals surface area contributed by atoms with Crippen molar-refractivity contribution in [3.63, 3.8) is 0 Å². The number of nitro groups is 1. The molecule has 1 aromatic heterocycles. The minimum absolute atomic E-state index is 0.0144. The fourth-order valence-electron chi connectivity index (χ4n) is 1.92. The van der Waals surface area contributed by atoms with Gasteiger partial charge in [-0.05, 0) is 40.6 Å². The van der Waals surface area contributed by atoms with Crippen molar-refractivity contribution in [3.8, 4) is 5.75 Å². The third kappa shape index (κ3) is 4.54. The zero-order valence-corrected chi connectivity index (χ0v) is 12.7. The average molecular weight is 306 g/mol. The standard InChI is InChI=1S/C15H18N2O3S/c1-2-16-10-13-3-4-14(17(18)19)15(9-13)20-7-5-12-6-8-21-11-12/h3-4,6,8-9,11,16H,2,5,7,10H2,1H3. The molecule has 2 aromatic rings. The van der Waals surface area contributed by atoms with E-state index < -0.39 is 4.92 Å². The van der Waals surface area contributed by atoms with Crippen LogP contribution in [0, 0.1) is 10.1 Å². The first-order valence-electron chi connectivity index (χ1n) is 6.82. The molecule has 2 rings (SSSR count). The number of hydrogen-bond donors (Lipinski definition) is 1. The third-order valence-electron chi connectivity index (χ3n) is 3.03. The number of thiophene rings is 1. The summed E-state index contributed by atoms with van der Waals surface area (Å²) in [5.74, 6) is 0.339. The predicted molar refractivity (Wildman–Crippen MR) is 84.0 cm³/mol. The van der Waals surface area contributed by atoms with Crippen LogP contribution in [0.15, 0.2) is 35.0 Å². The van der Waals surface area contributed by atoms with Crippen LogP contribution in [-0.4, -0.2) is 18.1 Å². The third-order valence-corrected chi connectivity index (χ3v) is 3.76. The van der Waals surface area contributed by atoms with E-state index in [9.17, 15) is 10.1 Å². The summed E-state index contributed by atoms with van der Waals surface area (Å²) in [7, 11) is 0. The molecule has 0 saturated carbocycles. The molecule has 21 heavy (non-hydrogen) atoms. The summed E-state index contributed by atoms with van der Waals surface area (Å²) in [5.41, 5.74) is 2.18. The summed E-state index contributed by atoms with van der Waals surface area (Å²) in [6, 6.07) is 7.04. The van der Waals surface area contributed by atoms with Crippen LogP contribution in [0.2, 0.25) is 0 Å². The lowest BCUT2D eigenvalue weighted by Gasteiger charge is -2.09. The van der Waals surface area contributed by atoms with Crippen molar-refractivity contribution >= 4 is 17.0 Å². The molecule has 0 aliphatic rings. The number of nitro benzene ring substituents is 1. The molecular formula is C15H18N2O3S. The molecule has 112 valence electrons. The topological polar surface area (TPSA) is 64.4 Å². The smallest absolute Gasteiger partial charge is 0.310 e. The highest BCUT2D eigenvalue weighted by Crippen LogP contribution is 2.28. The van der Waals surface area contributed by atoms with Gasteiger partial charge in [-0.3, -0.25) is 10.1 Å². The maximum absolute atomic E-state index is 11.1. The second kappa shape index (κ2) is 7.75. The molecule has 0 radical (unpaired) electrons. The Balaban J connectivity index is 2.04. The van der Waals surface area contributed by atoms with Crippen LogP contribution in [0.25, 0.3) is 0 Å². The lowest BCUT2D eigenvalue weighted by molar-refractivity contribution is -0.385. The number of ether oxygens (including phenoxy) is 1. The Bertz CT molecular complexity index is 585. The molecule has 0 fully saturated rings. The van der Waals surface area contributed by atoms with Crippen LogP contribution in [0.1, 0.15) is 18.1 Å². The monoisotopic (exact) mass is 306 g/mol. The van der Waals surface area contributed by atoms with Crippen LogP contribution in [0.5, 0.6) is 5.75 Å². The second-order valence-corrected chi connectivity index (χ2v) is 5.35. The van der Waals surface area contributed by atoms with E-state index in [1.165, 1.54) is 11.6 Å². The van der Waals surface area contributed by atoms with Gasteiger partial charge in [-0.2, -0.15) is 11.3 Å². The number of nitrogens with one attached hydrogen (secondary N) is 1. The summed E-state index contributed by atoms with van der Waals surface area (Å²) in [6.45, 7) is 3.98.